The maximum absolute atomic E-state index is 12.8. The number of nitrogens with zero attached hydrogens (tertiary/aromatic N) is 1. The van der Waals surface area contributed by atoms with Crippen LogP contribution in [-0.2, 0) is 12.8 Å². The van der Waals surface area contributed by atoms with Crippen LogP contribution >= 0.6 is 27.5 Å². The van der Waals surface area contributed by atoms with Gasteiger partial charge in [0.1, 0.15) is 0 Å². The Hall–Kier alpha value is -1.65. The second-order valence-corrected chi connectivity index (χ2v) is 6.77. The molecule has 5 heteroatoms. The number of halogens is 2. The minimum atomic E-state index is -0.306. The Morgan fingerprint density at radius 3 is 2.09 bits per heavy atom. The van der Waals surface area contributed by atoms with Crippen molar-refractivity contribution in [2.24, 2.45) is 0 Å². The highest BCUT2D eigenvalue weighted by Gasteiger charge is 2.38. The summed E-state index contributed by atoms with van der Waals surface area (Å²) in [5.74, 6) is -0.590. The predicted octanol–water partition coefficient (Wildman–Crippen LogP) is 5.03. The Labute approximate surface area is 148 Å². The smallest absolute Gasteiger partial charge is 0.266 e. The van der Waals surface area contributed by atoms with Gasteiger partial charge in [0.15, 0.2) is 0 Å². The first-order chi connectivity index (χ1) is 11.0. The van der Waals surface area contributed by atoms with Crippen molar-refractivity contribution in [1.82, 2.24) is 0 Å². The largest absolute Gasteiger partial charge is 0.268 e. The minimum Gasteiger partial charge on any atom is -0.268 e. The molecule has 2 amide bonds. The second-order valence-electron chi connectivity index (χ2n) is 5.42. The lowest BCUT2D eigenvalue weighted by Gasteiger charge is -2.22. The lowest BCUT2D eigenvalue weighted by Crippen LogP contribution is -2.31. The first-order valence-corrected chi connectivity index (χ1v) is 8.64. The average molecular weight is 393 g/mol. The van der Waals surface area contributed by atoms with E-state index in [4.69, 9.17) is 11.6 Å². The molecular formula is C18H15BrClNO2. The highest BCUT2D eigenvalue weighted by atomic mass is 79.9. The molecule has 3 nitrogen and oxygen atoms in total. The van der Waals surface area contributed by atoms with Gasteiger partial charge in [0, 0.05) is 9.50 Å². The highest BCUT2D eigenvalue weighted by molar-refractivity contribution is 9.10. The first-order valence-electron chi connectivity index (χ1n) is 7.47. The molecule has 1 heterocycles. The Bertz CT molecular complexity index is 807. The summed E-state index contributed by atoms with van der Waals surface area (Å²) in [6.45, 7) is 4.03. The van der Waals surface area contributed by atoms with Crippen LogP contribution in [0.2, 0.25) is 5.02 Å². The van der Waals surface area contributed by atoms with Crippen molar-refractivity contribution in [2.75, 3.05) is 4.90 Å². The van der Waals surface area contributed by atoms with E-state index < -0.39 is 0 Å². The fourth-order valence-electron chi connectivity index (χ4n) is 2.96. The number of rotatable bonds is 3. The minimum absolute atomic E-state index is 0.284. The second kappa shape index (κ2) is 6.10. The van der Waals surface area contributed by atoms with Crippen LogP contribution < -0.4 is 4.90 Å². The summed E-state index contributed by atoms with van der Waals surface area (Å²) in [4.78, 5) is 26.9. The molecule has 0 spiro atoms. The molecule has 0 saturated carbocycles. The third-order valence-electron chi connectivity index (χ3n) is 4.07. The molecule has 0 N–H and O–H groups in total. The number of benzene rings is 2. The highest BCUT2D eigenvalue weighted by Crippen LogP contribution is 2.36. The third kappa shape index (κ3) is 2.60. The molecule has 0 saturated heterocycles. The summed E-state index contributed by atoms with van der Waals surface area (Å²) in [6.07, 6.45) is 1.46. The molecule has 0 aliphatic carbocycles. The number of hydrogen-bond acceptors (Lipinski definition) is 2. The van der Waals surface area contributed by atoms with Crippen molar-refractivity contribution in [3.8, 4) is 0 Å². The zero-order chi connectivity index (χ0) is 16.7. The van der Waals surface area contributed by atoms with E-state index >= 15 is 0 Å². The van der Waals surface area contributed by atoms with E-state index in [9.17, 15) is 9.59 Å². The van der Waals surface area contributed by atoms with Crippen molar-refractivity contribution in [1.29, 1.82) is 0 Å². The van der Waals surface area contributed by atoms with Crippen LogP contribution in [0, 0.1) is 0 Å². The number of anilines is 1. The Morgan fingerprint density at radius 2 is 1.52 bits per heavy atom. The molecule has 1 aliphatic heterocycles. The van der Waals surface area contributed by atoms with E-state index in [1.54, 1.807) is 18.2 Å². The zero-order valence-corrected chi connectivity index (χ0v) is 15.2. The van der Waals surface area contributed by atoms with Crippen LogP contribution in [0.1, 0.15) is 45.7 Å². The number of carbonyl (C=O) groups is 2. The molecule has 1 aliphatic rings. The molecule has 23 heavy (non-hydrogen) atoms. The molecule has 2 aromatic rings. The van der Waals surface area contributed by atoms with Crippen molar-refractivity contribution >= 4 is 45.0 Å². The molecule has 0 radical (unpaired) electrons. The fraction of sp³-hybridized carbons (Fsp3) is 0.222. The van der Waals surface area contributed by atoms with Crippen molar-refractivity contribution < 1.29 is 9.59 Å². The number of carbonyl (C=O) groups excluding carboxylic acids is 2. The maximum Gasteiger partial charge on any atom is 0.266 e. The van der Waals surface area contributed by atoms with Gasteiger partial charge >= 0.3 is 0 Å². The fourth-order valence-corrected chi connectivity index (χ4v) is 3.68. The Balaban J connectivity index is 2.21. The third-order valence-corrected chi connectivity index (χ3v) is 4.76. The Kier molecular flexibility index (Phi) is 4.30. The van der Waals surface area contributed by atoms with Gasteiger partial charge in [-0.05, 0) is 54.3 Å². The number of imide groups is 1. The van der Waals surface area contributed by atoms with Crippen LogP contribution in [0.3, 0.4) is 0 Å². The van der Waals surface area contributed by atoms with Crippen molar-refractivity contribution in [2.45, 2.75) is 26.7 Å². The summed E-state index contributed by atoms with van der Waals surface area (Å²) < 4.78 is 0.953. The molecule has 2 aromatic carbocycles. The van der Waals surface area contributed by atoms with E-state index in [1.807, 2.05) is 26.0 Å². The molecular weight excluding hydrogens is 378 g/mol. The summed E-state index contributed by atoms with van der Waals surface area (Å²) in [7, 11) is 0. The van der Waals surface area contributed by atoms with Gasteiger partial charge in [-0.2, -0.15) is 0 Å². The van der Waals surface area contributed by atoms with E-state index in [2.05, 4.69) is 15.9 Å². The van der Waals surface area contributed by atoms with E-state index in [0.717, 1.165) is 28.4 Å². The van der Waals surface area contributed by atoms with Crippen molar-refractivity contribution in [3.63, 3.8) is 0 Å². The standard InChI is InChI=1S/C18H15BrClNO2/c1-3-10-7-12(19)8-11(4-2)16(10)21-17(22)14-6-5-13(20)9-15(14)18(21)23/h5-9H,3-4H2,1-2H3. The monoisotopic (exact) mass is 391 g/mol. The number of amides is 2. The van der Waals surface area contributed by atoms with Gasteiger partial charge in [0.25, 0.3) is 11.8 Å². The van der Waals surface area contributed by atoms with Gasteiger partial charge in [-0.15, -0.1) is 0 Å². The summed E-state index contributed by atoms with van der Waals surface area (Å²) in [6, 6.07) is 8.75. The number of hydrogen-bond donors (Lipinski definition) is 0. The molecule has 0 fully saturated rings. The molecule has 118 valence electrons. The van der Waals surface area contributed by atoms with Gasteiger partial charge in [-0.25, -0.2) is 4.90 Å². The number of fused-ring (bicyclic) bond motifs is 1. The van der Waals surface area contributed by atoms with Crippen LogP contribution in [0.25, 0.3) is 0 Å². The molecule has 3 rings (SSSR count). The topological polar surface area (TPSA) is 37.4 Å². The van der Waals surface area contributed by atoms with Crippen molar-refractivity contribution in [3.05, 3.63) is 62.1 Å². The predicted molar refractivity (Wildman–Crippen MR) is 95.5 cm³/mol. The first kappa shape index (κ1) is 16.2. The van der Waals surface area contributed by atoms with Crippen LogP contribution in [0.15, 0.2) is 34.8 Å². The Morgan fingerprint density at radius 1 is 0.957 bits per heavy atom. The maximum atomic E-state index is 12.8. The van der Waals surface area contributed by atoms with Gasteiger partial charge < -0.3 is 0 Å². The normalized spacial score (nSPS) is 13.7. The van der Waals surface area contributed by atoms with Gasteiger partial charge in [0.05, 0.1) is 16.8 Å². The molecule has 0 bridgehead atoms. The molecule has 0 aromatic heterocycles. The summed E-state index contributed by atoms with van der Waals surface area (Å²) in [5, 5.41) is 0.453. The number of aryl methyl sites for hydroxylation is 2. The quantitative estimate of drug-likeness (QED) is 0.687. The van der Waals surface area contributed by atoms with Gasteiger partial charge in [-0.3, -0.25) is 9.59 Å². The molecule has 0 atom stereocenters. The lowest BCUT2D eigenvalue weighted by atomic mass is 10.0. The van der Waals surface area contributed by atoms with E-state index in [0.29, 0.717) is 21.8 Å². The SMILES string of the molecule is CCc1cc(Br)cc(CC)c1N1C(=O)c2ccc(Cl)cc2C1=O. The van der Waals surface area contributed by atoms with E-state index in [1.165, 1.54) is 4.90 Å². The average Bonchev–Trinajstić information content (AvgIpc) is 2.77. The van der Waals surface area contributed by atoms with Crippen LogP contribution in [-0.4, -0.2) is 11.8 Å². The summed E-state index contributed by atoms with van der Waals surface area (Å²) >= 11 is 9.48. The lowest BCUT2D eigenvalue weighted by molar-refractivity contribution is 0.0925. The van der Waals surface area contributed by atoms with E-state index in [-0.39, 0.29) is 11.8 Å². The summed E-state index contributed by atoms with van der Waals surface area (Å²) in [5.41, 5.74) is 3.43. The van der Waals surface area contributed by atoms with Crippen LogP contribution in [0.4, 0.5) is 5.69 Å². The van der Waals surface area contributed by atoms with Gasteiger partial charge in [0.2, 0.25) is 0 Å². The molecule has 0 unspecified atom stereocenters. The van der Waals surface area contributed by atoms with Gasteiger partial charge in [-0.1, -0.05) is 41.4 Å². The zero-order valence-electron chi connectivity index (χ0n) is 12.8. The van der Waals surface area contributed by atoms with Crippen LogP contribution in [0.5, 0.6) is 0 Å².